The van der Waals surface area contributed by atoms with Crippen LogP contribution in [-0.4, -0.2) is 40.3 Å². The fourth-order valence-electron chi connectivity index (χ4n) is 3.26. The molecule has 0 spiro atoms. The summed E-state index contributed by atoms with van der Waals surface area (Å²) in [4.78, 5) is 32.5. The maximum Gasteiger partial charge on any atom is 0.262 e. The van der Waals surface area contributed by atoms with Crippen LogP contribution in [0, 0.1) is 19.8 Å². The zero-order valence-corrected chi connectivity index (χ0v) is 15.2. The van der Waals surface area contributed by atoms with Crippen LogP contribution >= 0.6 is 11.3 Å². The van der Waals surface area contributed by atoms with E-state index >= 15 is 0 Å². The zero-order valence-electron chi connectivity index (χ0n) is 14.4. The number of hydrogen-bond donors (Lipinski definition) is 2. The maximum atomic E-state index is 12.8. The first-order chi connectivity index (χ1) is 12.5. The summed E-state index contributed by atoms with van der Waals surface area (Å²) in [5, 5.41) is 7.40. The molecule has 4 heterocycles. The summed E-state index contributed by atoms with van der Waals surface area (Å²) in [6.45, 7) is 4.64. The van der Waals surface area contributed by atoms with Crippen molar-refractivity contribution in [1.29, 1.82) is 0 Å². The summed E-state index contributed by atoms with van der Waals surface area (Å²) in [6, 6.07) is 1.77. The fraction of sp³-hybridized carbons (Fsp3) is 0.412. The molecule has 0 aliphatic carbocycles. The number of aromatic amines is 1. The summed E-state index contributed by atoms with van der Waals surface area (Å²) in [5.74, 6) is 0.688. The maximum absolute atomic E-state index is 12.8. The molecule has 1 saturated heterocycles. The standard InChI is InChI=1S/C17H18N4O4S/c1-8-3-11(25-21-8)4-10-5-24-6-12(10)20-16(23)14-9(2)13-15(22)18-7-19-17(13)26-14/h3,7,10,12H,4-6H2,1-2H3,(H,20,23)(H,18,19,22)/t10-,12+/m1/s1. The molecular formula is C17H18N4O4S. The zero-order chi connectivity index (χ0) is 18.3. The quantitative estimate of drug-likeness (QED) is 0.717. The lowest BCUT2D eigenvalue weighted by atomic mass is 9.98. The highest BCUT2D eigenvalue weighted by Gasteiger charge is 2.32. The van der Waals surface area contributed by atoms with E-state index in [2.05, 4.69) is 20.4 Å². The Kier molecular flexibility index (Phi) is 4.33. The van der Waals surface area contributed by atoms with Crippen molar-refractivity contribution in [2.45, 2.75) is 26.3 Å². The van der Waals surface area contributed by atoms with Gasteiger partial charge in [0, 0.05) is 18.4 Å². The Morgan fingerprint density at radius 1 is 1.42 bits per heavy atom. The molecule has 0 bridgehead atoms. The van der Waals surface area contributed by atoms with Crippen molar-refractivity contribution in [2.24, 2.45) is 5.92 Å². The lowest BCUT2D eigenvalue weighted by molar-refractivity contribution is 0.0928. The predicted molar refractivity (Wildman–Crippen MR) is 95.5 cm³/mol. The van der Waals surface area contributed by atoms with Gasteiger partial charge in [0.1, 0.15) is 10.6 Å². The van der Waals surface area contributed by atoms with Crippen LogP contribution in [0.15, 0.2) is 21.7 Å². The van der Waals surface area contributed by atoms with Gasteiger partial charge in [-0.1, -0.05) is 5.16 Å². The number of rotatable bonds is 4. The minimum atomic E-state index is -0.231. The van der Waals surface area contributed by atoms with Gasteiger partial charge in [-0.3, -0.25) is 9.59 Å². The number of hydrogen-bond acceptors (Lipinski definition) is 7. The summed E-state index contributed by atoms with van der Waals surface area (Å²) in [7, 11) is 0. The van der Waals surface area contributed by atoms with Crippen molar-refractivity contribution in [3.8, 4) is 0 Å². The van der Waals surface area contributed by atoms with Crippen LogP contribution in [0.5, 0.6) is 0 Å². The van der Waals surface area contributed by atoms with Gasteiger partial charge in [-0.15, -0.1) is 11.3 Å². The van der Waals surface area contributed by atoms with E-state index in [-0.39, 0.29) is 23.4 Å². The van der Waals surface area contributed by atoms with Gasteiger partial charge in [-0.05, 0) is 19.4 Å². The number of nitrogens with zero attached hydrogens (tertiary/aromatic N) is 2. The molecule has 3 aromatic heterocycles. The molecule has 8 nitrogen and oxygen atoms in total. The van der Waals surface area contributed by atoms with Crippen LogP contribution in [0.1, 0.15) is 26.7 Å². The van der Waals surface area contributed by atoms with Crippen molar-refractivity contribution in [2.75, 3.05) is 13.2 Å². The number of H-pyrrole nitrogens is 1. The van der Waals surface area contributed by atoms with Crippen molar-refractivity contribution in [3.63, 3.8) is 0 Å². The van der Waals surface area contributed by atoms with E-state index in [1.54, 1.807) is 6.92 Å². The summed E-state index contributed by atoms with van der Waals surface area (Å²) in [5.41, 5.74) is 1.25. The highest BCUT2D eigenvalue weighted by molar-refractivity contribution is 7.20. The third-order valence-corrected chi connectivity index (χ3v) is 5.79. The van der Waals surface area contributed by atoms with Crippen molar-refractivity contribution in [1.82, 2.24) is 20.4 Å². The third kappa shape index (κ3) is 3.04. The first-order valence-corrected chi connectivity index (χ1v) is 9.12. The van der Waals surface area contributed by atoms with Gasteiger partial charge in [0.25, 0.3) is 11.5 Å². The van der Waals surface area contributed by atoms with Gasteiger partial charge in [-0.25, -0.2) is 4.98 Å². The van der Waals surface area contributed by atoms with Crippen LogP contribution in [0.25, 0.3) is 10.2 Å². The first-order valence-electron chi connectivity index (χ1n) is 8.30. The normalized spacial score (nSPS) is 19.9. The van der Waals surface area contributed by atoms with Crippen molar-refractivity contribution in [3.05, 3.63) is 44.6 Å². The molecule has 1 amide bonds. The minimum absolute atomic E-state index is 0.113. The SMILES string of the molecule is Cc1cc(C[C@@H]2COC[C@@H]2NC(=O)c2sc3nc[nH]c(=O)c3c2C)on1. The second-order valence-electron chi connectivity index (χ2n) is 6.48. The van der Waals surface area contributed by atoms with E-state index in [9.17, 15) is 9.59 Å². The molecule has 9 heteroatoms. The van der Waals surface area contributed by atoms with Crippen LogP contribution in [0.4, 0.5) is 0 Å². The summed E-state index contributed by atoms with van der Waals surface area (Å²) < 4.78 is 10.8. The van der Waals surface area contributed by atoms with E-state index in [4.69, 9.17) is 9.26 Å². The number of carbonyl (C=O) groups excluding carboxylic acids is 1. The molecule has 0 aromatic carbocycles. The molecule has 1 aliphatic rings. The van der Waals surface area contributed by atoms with Crippen molar-refractivity contribution < 1.29 is 14.1 Å². The van der Waals surface area contributed by atoms with Gasteiger partial charge in [0.15, 0.2) is 0 Å². The van der Waals surface area contributed by atoms with E-state index in [0.717, 1.165) is 11.5 Å². The summed E-state index contributed by atoms with van der Waals surface area (Å²) in [6.07, 6.45) is 2.00. The molecule has 0 saturated carbocycles. The third-order valence-electron chi connectivity index (χ3n) is 4.59. The van der Waals surface area contributed by atoms with E-state index in [0.29, 0.717) is 40.3 Å². The Bertz CT molecular complexity index is 1020. The second-order valence-corrected chi connectivity index (χ2v) is 7.48. The lowest BCUT2D eigenvalue weighted by Crippen LogP contribution is -2.40. The molecule has 2 N–H and O–H groups in total. The Labute approximate surface area is 152 Å². The van der Waals surface area contributed by atoms with E-state index in [1.807, 2.05) is 13.0 Å². The van der Waals surface area contributed by atoms with Crippen LogP contribution in [0.2, 0.25) is 0 Å². The van der Waals surface area contributed by atoms with Gasteiger partial charge in [-0.2, -0.15) is 0 Å². The molecule has 2 atom stereocenters. The van der Waals surface area contributed by atoms with Crippen LogP contribution < -0.4 is 10.9 Å². The topological polar surface area (TPSA) is 110 Å². The smallest absolute Gasteiger partial charge is 0.262 e. The summed E-state index contributed by atoms with van der Waals surface area (Å²) >= 11 is 1.23. The molecule has 0 unspecified atom stereocenters. The van der Waals surface area contributed by atoms with Gasteiger partial charge < -0.3 is 19.6 Å². The molecular weight excluding hydrogens is 356 g/mol. The van der Waals surface area contributed by atoms with Crippen LogP contribution in [-0.2, 0) is 11.2 Å². The Balaban J connectivity index is 1.53. The largest absolute Gasteiger partial charge is 0.379 e. The van der Waals surface area contributed by atoms with Gasteiger partial charge >= 0.3 is 0 Å². The lowest BCUT2D eigenvalue weighted by Gasteiger charge is -2.17. The second kappa shape index (κ2) is 6.65. The number of carbonyl (C=O) groups is 1. The number of thiophene rings is 1. The Hall–Kier alpha value is -2.52. The molecule has 4 rings (SSSR count). The van der Waals surface area contributed by atoms with Gasteiger partial charge in [0.2, 0.25) is 0 Å². The van der Waals surface area contributed by atoms with Gasteiger partial charge in [0.05, 0.1) is 41.5 Å². The number of fused-ring (bicyclic) bond motifs is 1. The average molecular weight is 374 g/mol. The highest BCUT2D eigenvalue weighted by atomic mass is 32.1. The molecule has 1 aliphatic heterocycles. The van der Waals surface area contributed by atoms with E-state index in [1.165, 1.54) is 17.7 Å². The Morgan fingerprint density at radius 3 is 3.00 bits per heavy atom. The molecule has 26 heavy (non-hydrogen) atoms. The predicted octanol–water partition coefficient (Wildman–Crippen LogP) is 1.58. The molecule has 1 fully saturated rings. The number of aryl methyl sites for hydroxylation is 2. The minimum Gasteiger partial charge on any atom is -0.379 e. The first kappa shape index (κ1) is 16.9. The average Bonchev–Trinajstić information content (AvgIpc) is 3.29. The molecule has 3 aromatic rings. The highest BCUT2D eigenvalue weighted by Crippen LogP contribution is 2.27. The number of aromatic nitrogens is 3. The number of amides is 1. The van der Waals surface area contributed by atoms with Crippen molar-refractivity contribution >= 4 is 27.5 Å². The monoisotopic (exact) mass is 374 g/mol. The fourth-order valence-corrected chi connectivity index (χ4v) is 4.31. The number of nitrogens with one attached hydrogen (secondary N) is 2. The van der Waals surface area contributed by atoms with Crippen LogP contribution in [0.3, 0.4) is 0 Å². The van der Waals surface area contributed by atoms with E-state index < -0.39 is 0 Å². The molecule has 136 valence electrons. The number of ether oxygens (including phenoxy) is 1. The Morgan fingerprint density at radius 2 is 2.27 bits per heavy atom. The molecule has 0 radical (unpaired) electrons.